The van der Waals surface area contributed by atoms with Crippen molar-refractivity contribution in [3.8, 4) is 5.75 Å². The number of rotatable bonds is 9. The minimum absolute atomic E-state index is 0.161. The molecule has 0 spiro atoms. The van der Waals surface area contributed by atoms with Crippen LogP contribution in [0, 0.1) is 0 Å². The molecule has 0 fully saturated rings. The average Bonchev–Trinajstić information content (AvgIpc) is 3.18. The number of aryl methyl sites for hydroxylation is 1. The molecule has 1 N–H and O–H groups in total. The molecule has 0 saturated carbocycles. The standard InChI is InChI=1S/C22H24Cl2N4O2S/c1-4-15-6-9-17(10-7-15)30-14(3)21-26-27-22(28(21)5-2)31-13-20(29)25-19-12-16(23)8-11-18(19)24/h6-12,14H,4-5,13H2,1-3H3,(H,25,29)/t14-/m1/s1. The summed E-state index contributed by atoms with van der Waals surface area (Å²) in [4.78, 5) is 12.4. The van der Waals surface area contributed by atoms with Crippen molar-refractivity contribution in [2.45, 2.75) is 45.0 Å². The van der Waals surface area contributed by atoms with Crippen LogP contribution in [-0.2, 0) is 17.8 Å². The minimum atomic E-state index is -0.284. The quantitative estimate of drug-likeness (QED) is 0.379. The summed E-state index contributed by atoms with van der Waals surface area (Å²) in [6, 6.07) is 13.0. The van der Waals surface area contributed by atoms with E-state index in [1.807, 2.05) is 30.5 Å². The summed E-state index contributed by atoms with van der Waals surface area (Å²) in [7, 11) is 0. The molecule has 0 aliphatic rings. The number of hydrogen-bond donors (Lipinski definition) is 1. The second-order valence-corrected chi connectivity index (χ2v) is 8.59. The lowest BCUT2D eigenvalue weighted by Crippen LogP contribution is -2.15. The summed E-state index contributed by atoms with van der Waals surface area (Å²) in [5.74, 6) is 1.45. The van der Waals surface area contributed by atoms with E-state index in [1.54, 1.807) is 18.2 Å². The molecule has 1 amide bonds. The van der Waals surface area contributed by atoms with Gasteiger partial charge in [0.25, 0.3) is 0 Å². The maximum Gasteiger partial charge on any atom is 0.234 e. The molecule has 0 aliphatic heterocycles. The highest BCUT2D eigenvalue weighted by atomic mass is 35.5. The summed E-state index contributed by atoms with van der Waals surface area (Å²) in [6.45, 7) is 6.72. The zero-order valence-electron chi connectivity index (χ0n) is 17.6. The van der Waals surface area contributed by atoms with E-state index < -0.39 is 0 Å². The highest BCUT2D eigenvalue weighted by Crippen LogP contribution is 2.27. The normalized spacial score (nSPS) is 11.9. The molecule has 2 aromatic carbocycles. The second kappa shape index (κ2) is 10.9. The molecule has 0 radical (unpaired) electrons. The van der Waals surface area contributed by atoms with Gasteiger partial charge in [0, 0.05) is 11.6 Å². The Hall–Kier alpha value is -2.22. The number of carbonyl (C=O) groups excluding carboxylic acids is 1. The Kier molecular flexibility index (Phi) is 8.23. The summed E-state index contributed by atoms with van der Waals surface area (Å²) < 4.78 is 8.00. The molecular weight excluding hydrogens is 455 g/mol. The van der Waals surface area contributed by atoms with E-state index >= 15 is 0 Å². The maximum absolute atomic E-state index is 12.4. The predicted molar refractivity (Wildman–Crippen MR) is 126 cm³/mol. The monoisotopic (exact) mass is 478 g/mol. The highest BCUT2D eigenvalue weighted by molar-refractivity contribution is 7.99. The van der Waals surface area contributed by atoms with Crippen LogP contribution < -0.4 is 10.1 Å². The van der Waals surface area contributed by atoms with Crippen LogP contribution in [0.15, 0.2) is 47.6 Å². The Morgan fingerprint density at radius 2 is 1.90 bits per heavy atom. The molecule has 6 nitrogen and oxygen atoms in total. The van der Waals surface area contributed by atoms with Gasteiger partial charge >= 0.3 is 0 Å². The maximum atomic E-state index is 12.4. The van der Waals surface area contributed by atoms with Crippen molar-refractivity contribution < 1.29 is 9.53 Å². The van der Waals surface area contributed by atoms with Crippen molar-refractivity contribution in [1.29, 1.82) is 0 Å². The lowest BCUT2D eigenvalue weighted by molar-refractivity contribution is -0.113. The van der Waals surface area contributed by atoms with Crippen molar-refractivity contribution in [3.05, 3.63) is 63.9 Å². The van der Waals surface area contributed by atoms with Gasteiger partial charge in [-0.05, 0) is 56.2 Å². The lowest BCUT2D eigenvalue weighted by Gasteiger charge is -2.16. The van der Waals surface area contributed by atoms with E-state index in [2.05, 4.69) is 34.6 Å². The van der Waals surface area contributed by atoms with Crippen LogP contribution >= 0.6 is 35.0 Å². The van der Waals surface area contributed by atoms with Crippen molar-refractivity contribution in [2.24, 2.45) is 0 Å². The number of aromatic nitrogens is 3. The first-order valence-corrected chi connectivity index (χ1v) is 11.7. The molecule has 0 saturated heterocycles. The van der Waals surface area contributed by atoms with Gasteiger partial charge in [-0.15, -0.1) is 10.2 Å². The van der Waals surface area contributed by atoms with E-state index in [9.17, 15) is 4.79 Å². The number of halogens is 2. The van der Waals surface area contributed by atoms with Crippen molar-refractivity contribution >= 4 is 46.6 Å². The number of ether oxygens (including phenoxy) is 1. The molecule has 31 heavy (non-hydrogen) atoms. The fraction of sp³-hybridized carbons (Fsp3) is 0.318. The average molecular weight is 479 g/mol. The Morgan fingerprint density at radius 3 is 2.58 bits per heavy atom. The Bertz CT molecular complexity index is 1040. The van der Waals surface area contributed by atoms with Gasteiger partial charge in [0.1, 0.15) is 5.75 Å². The first-order valence-electron chi connectivity index (χ1n) is 9.97. The predicted octanol–water partition coefficient (Wildman–Crippen LogP) is 6.04. The number of carbonyl (C=O) groups is 1. The van der Waals surface area contributed by atoms with Gasteiger partial charge < -0.3 is 14.6 Å². The molecule has 0 bridgehead atoms. The van der Waals surface area contributed by atoms with Gasteiger partial charge in [-0.3, -0.25) is 4.79 Å². The summed E-state index contributed by atoms with van der Waals surface area (Å²) in [6.07, 6.45) is 0.700. The lowest BCUT2D eigenvalue weighted by atomic mass is 10.2. The SMILES string of the molecule is CCc1ccc(O[C@H](C)c2nnc(SCC(=O)Nc3cc(Cl)ccc3Cl)n2CC)cc1. The number of hydrogen-bond acceptors (Lipinski definition) is 5. The summed E-state index contributed by atoms with van der Waals surface area (Å²) in [5.41, 5.74) is 1.74. The molecule has 164 valence electrons. The van der Waals surface area contributed by atoms with Crippen molar-refractivity contribution in [2.75, 3.05) is 11.1 Å². The van der Waals surface area contributed by atoms with Crippen LogP contribution in [-0.4, -0.2) is 26.4 Å². The van der Waals surface area contributed by atoms with E-state index in [0.29, 0.717) is 33.3 Å². The van der Waals surface area contributed by atoms with Crippen LogP contribution in [0.5, 0.6) is 5.75 Å². The van der Waals surface area contributed by atoms with Gasteiger partial charge in [-0.2, -0.15) is 0 Å². The molecular formula is C22H24Cl2N4O2S. The van der Waals surface area contributed by atoms with Crippen LogP contribution in [0.4, 0.5) is 5.69 Å². The van der Waals surface area contributed by atoms with Crippen LogP contribution in [0.25, 0.3) is 0 Å². The van der Waals surface area contributed by atoms with Gasteiger partial charge in [0.05, 0.1) is 16.5 Å². The van der Waals surface area contributed by atoms with Gasteiger partial charge in [-0.1, -0.05) is 54.0 Å². The topological polar surface area (TPSA) is 69.0 Å². The summed E-state index contributed by atoms with van der Waals surface area (Å²) in [5, 5.41) is 12.9. The Labute approximate surface area is 196 Å². The fourth-order valence-corrected chi connectivity index (χ4v) is 4.12. The van der Waals surface area contributed by atoms with Gasteiger partial charge in [0.15, 0.2) is 17.1 Å². The van der Waals surface area contributed by atoms with Gasteiger partial charge in [0.2, 0.25) is 5.91 Å². The smallest absolute Gasteiger partial charge is 0.234 e. The second-order valence-electron chi connectivity index (χ2n) is 6.80. The molecule has 3 rings (SSSR count). The third-order valence-electron chi connectivity index (χ3n) is 4.60. The molecule has 1 aromatic heterocycles. The molecule has 3 aromatic rings. The highest BCUT2D eigenvalue weighted by Gasteiger charge is 2.19. The van der Waals surface area contributed by atoms with Crippen molar-refractivity contribution in [3.63, 3.8) is 0 Å². The van der Waals surface area contributed by atoms with E-state index in [4.69, 9.17) is 27.9 Å². The largest absolute Gasteiger partial charge is 0.483 e. The Balaban J connectivity index is 1.63. The zero-order chi connectivity index (χ0) is 22.4. The number of nitrogens with zero attached hydrogens (tertiary/aromatic N) is 3. The third kappa shape index (κ3) is 6.15. The fourth-order valence-electron chi connectivity index (χ4n) is 2.97. The Morgan fingerprint density at radius 1 is 1.16 bits per heavy atom. The minimum Gasteiger partial charge on any atom is -0.483 e. The zero-order valence-corrected chi connectivity index (χ0v) is 19.9. The van der Waals surface area contributed by atoms with Crippen LogP contribution in [0.2, 0.25) is 10.0 Å². The number of nitrogens with one attached hydrogen (secondary N) is 1. The number of thioether (sulfide) groups is 1. The first-order chi connectivity index (χ1) is 14.9. The number of anilines is 1. The van der Waals surface area contributed by atoms with Gasteiger partial charge in [-0.25, -0.2) is 0 Å². The third-order valence-corrected chi connectivity index (χ3v) is 6.14. The number of amides is 1. The van der Waals surface area contributed by atoms with Crippen LogP contribution in [0.1, 0.15) is 38.3 Å². The molecule has 1 atom stereocenters. The summed E-state index contributed by atoms with van der Waals surface area (Å²) >= 11 is 13.4. The molecule has 9 heteroatoms. The van der Waals surface area contributed by atoms with E-state index in [0.717, 1.165) is 12.2 Å². The molecule has 0 unspecified atom stereocenters. The van der Waals surface area contributed by atoms with Crippen LogP contribution in [0.3, 0.4) is 0 Å². The van der Waals surface area contributed by atoms with E-state index in [1.165, 1.54) is 17.3 Å². The molecule has 1 heterocycles. The first kappa shape index (κ1) is 23.4. The van der Waals surface area contributed by atoms with Crippen molar-refractivity contribution in [1.82, 2.24) is 14.8 Å². The molecule has 0 aliphatic carbocycles. The number of benzene rings is 2. The van der Waals surface area contributed by atoms with E-state index in [-0.39, 0.29) is 17.8 Å².